The highest BCUT2D eigenvalue weighted by molar-refractivity contribution is 4.69. The van der Waals surface area contributed by atoms with Gasteiger partial charge in [0.1, 0.15) is 5.60 Å². The monoisotopic (exact) mass is 176 g/mol. The molecule has 0 fully saturated rings. The van der Waals surface area contributed by atoms with Crippen LogP contribution >= 0.6 is 0 Å². The SMILES string of the molecule is CCCOOC(C)(C)CC(C)O. The molecular formula is C9H20O3. The van der Waals surface area contributed by atoms with E-state index < -0.39 is 5.60 Å². The molecule has 0 aliphatic rings. The Kier molecular flexibility index (Phi) is 5.46. The van der Waals surface area contributed by atoms with Crippen molar-refractivity contribution >= 4 is 0 Å². The molecule has 0 saturated carbocycles. The molecule has 0 radical (unpaired) electrons. The summed E-state index contributed by atoms with van der Waals surface area (Å²) in [4.78, 5) is 10.1. The van der Waals surface area contributed by atoms with Gasteiger partial charge < -0.3 is 5.11 Å². The van der Waals surface area contributed by atoms with Crippen LogP contribution in [0.3, 0.4) is 0 Å². The average Bonchev–Trinajstić information content (AvgIpc) is 1.84. The van der Waals surface area contributed by atoms with Gasteiger partial charge in [-0.05, 0) is 27.2 Å². The summed E-state index contributed by atoms with van der Waals surface area (Å²) >= 11 is 0. The lowest BCUT2D eigenvalue weighted by Crippen LogP contribution is -2.29. The molecule has 0 aliphatic carbocycles. The van der Waals surface area contributed by atoms with Crippen molar-refractivity contribution in [1.82, 2.24) is 0 Å². The molecular weight excluding hydrogens is 156 g/mol. The van der Waals surface area contributed by atoms with Gasteiger partial charge in [0.2, 0.25) is 0 Å². The fraction of sp³-hybridized carbons (Fsp3) is 1.00. The Bertz CT molecular complexity index is 110. The zero-order valence-corrected chi connectivity index (χ0v) is 8.46. The van der Waals surface area contributed by atoms with E-state index in [9.17, 15) is 0 Å². The number of hydrogen-bond acceptors (Lipinski definition) is 3. The van der Waals surface area contributed by atoms with Gasteiger partial charge in [-0.25, -0.2) is 9.78 Å². The van der Waals surface area contributed by atoms with Crippen LogP contribution in [0, 0.1) is 0 Å². The van der Waals surface area contributed by atoms with Gasteiger partial charge >= 0.3 is 0 Å². The van der Waals surface area contributed by atoms with Crippen molar-refractivity contribution < 1.29 is 14.9 Å². The first-order chi connectivity index (χ1) is 5.48. The van der Waals surface area contributed by atoms with E-state index in [0.29, 0.717) is 13.0 Å². The molecule has 1 N–H and O–H groups in total. The summed E-state index contributed by atoms with van der Waals surface area (Å²) in [7, 11) is 0. The Hall–Kier alpha value is -0.120. The minimum Gasteiger partial charge on any atom is -0.393 e. The molecule has 0 aliphatic heterocycles. The van der Waals surface area contributed by atoms with Crippen molar-refractivity contribution in [2.24, 2.45) is 0 Å². The van der Waals surface area contributed by atoms with Crippen LogP contribution in [0.15, 0.2) is 0 Å². The number of aliphatic hydroxyl groups excluding tert-OH is 1. The maximum atomic E-state index is 9.11. The van der Waals surface area contributed by atoms with E-state index in [4.69, 9.17) is 14.9 Å². The van der Waals surface area contributed by atoms with E-state index in [1.165, 1.54) is 0 Å². The fourth-order valence-corrected chi connectivity index (χ4v) is 1.03. The van der Waals surface area contributed by atoms with Crippen LogP contribution in [0.25, 0.3) is 0 Å². The van der Waals surface area contributed by atoms with E-state index in [2.05, 4.69) is 0 Å². The normalized spacial score (nSPS) is 14.8. The van der Waals surface area contributed by atoms with Crippen molar-refractivity contribution in [3.05, 3.63) is 0 Å². The van der Waals surface area contributed by atoms with Gasteiger partial charge in [-0.2, -0.15) is 0 Å². The number of hydrogen-bond donors (Lipinski definition) is 1. The number of rotatable bonds is 6. The van der Waals surface area contributed by atoms with Gasteiger partial charge in [0, 0.05) is 6.42 Å². The molecule has 0 aromatic heterocycles. The molecule has 1 atom stereocenters. The second-order valence-electron chi connectivity index (χ2n) is 3.72. The minimum atomic E-state index is -0.399. The number of aliphatic hydroxyl groups is 1. The highest BCUT2D eigenvalue weighted by atomic mass is 17.2. The van der Waals surface area contributed by atoms with E-state index in [1.807, 2.05) is 20.8 Å². The lowest BCUT2D eigenvalue weighted by atomic mass is 10.0. The lowest BCUT2D eigenvalue weighted by molar-refractivity contribution is -0.356. The first kappa shape index (κ1) is 11.9. The van der Waals surface area contributed by atoms with Gasteiger partial charge in [-0.1, -0.05) is 6.92 Å². The van der Waals surface area contributed by atoms with Gasteiger partial charge in [0.15, 0.2) is 0 Å². The third-order valence-electron chi connectivity index (χ3n) is 1.36. The molecule has 1 unspecified atom stereocenters. The Morgan fingerprint density at radius 2 is 2.00 bits per heavy atom. The van der Waals surface area contributed by atoms with Crippen LogP contribution < -0.4 is 0 Å². The van der Waals surface area contributed by atoms with Crippen LogP contribution in [-0.4, -0.2) is 23.4 Å². The van der Waals surface area contributed by atoms with E-state index >= 15 is 0 Å². The van der Waals surface area contributed by atoms with Crippen molar-refractivity contribution in [2.45, 2.75) is 52.2 Å². The molecule has 74 valence electrons. The summed E-state index contributed by atoms with van der Waals surface area (Å²) in [6.45, 7) is 8.16. The topological polar surface area (TPSA) is 38.7 Å². The largest absolute Gasteiger partial charge is 0.393 e. The third kappa shape index (κ3) is 6.58. The fourth-order valence-electron chi connectivity index (χ4n) is 1.03. The van der Waals surface area contributed by atoms with Crippen LogP contribution in [-0.2, 0) is 9.78 Å². The molecule has 0 amide bonds. The maximum Gasteiger partial charge on any atom is 0.100 e. The van der Waals surface area contributed by atoms with Crippen LogP contribution in [0.4, 0.5) is 0 Å². The summed E-state index contributed by atoms with van der Waals surface area (Å²) in [6.07, 6.45) is 1.16. The van der Waals surface area contributed by atoms with Crippen LogP contribution in [0.1, 0.15) is 40.5 Å². The summed E-state index contributed by atoms with van der Waals surface area (Å²) in [6, 6.07) is 0. The Balaban J connectivity index is 3.56. The van der Waals surface area contributed by atoms with Crippen molar-refractivity contribution in [2.75, 3.05) is 6.61 Å². The maximum absolute atomic E-state index is 9.11. The predicted molar refractivity (Wildman–Crippen MR) is 47.7 cm³/mol. The van der Waals surface area contributed by atoms with E-state index in [1.54, 1.807) is 6.92 Å². The zero-order valence-electron chi connectivity index (χ0n) is 8.46. The molecule has 0 saturated heterocycles. The van der Waals surface area contributed by atoms with Gasteiger partial charge in [0.05, 0.1) is 12.7 Å². The summed E-state index contributed by atoms with van der Waals surface area (Å²) < 4.78 is 0. The standard InChI is InChI=1S/C9H20O3/c1-5-6-11-12-9(3,4)7-8(2)10/h8,10H,5-7H2,1-4H3. The molecule has 0 heterocycles. The lowest BCUT2D eigenvalue weighted by Gasteiger charge is -2.24. The molecule has 0 bridgehead atoms. The highest BCUT2D eigenvalue weighted by Crippen LogP contribution is 2.16. The van der Waals surface area contributed by atoms with E-state index in [0.717, 1.165) is 6.42 Å². The quantitative estimate of drug-likeness (QED) is 0.381. The van der Waals surface area contributed by atoms with E-state index in [-0.39, 0.29) is 6.10 Å². The molecule has 0 aromatic rings. The van der Waals surface area contributed by atoms with Gasteiger partial charge in [-0.15, -0.1) is 0 Å². The zero-order chi connectivity index (χ0) is 9.61. The molecule has 3 heteroatoms. The first-order valence-corrected chi connectivity index (χ1v) is 4.46. The smallest absolute Gasteiger partial charge is 0.100 e. The molecule has 0 rings (SSSR count). The van der Waals surface area contributed by atoms with Crippen LogP contribution in [0.5, 0.6) is 0 Å². The molecule has 12 heavy (non-hydrogen) atoms. The Morgan fingerprint density at radius 1 is 1.42 bits per heavy atom. The predicted octanol–water partition coefficient (Wildman–Crippen LogP) is 1.89. The molecule has 3 nitrogen and oxygen atoms in total. The minimum absolute atomic E-state index is 0.356. The molecule has 0 spiro atoms. The third-order valence-corrected chi connectivity index (χ3v) is 1.36. The first-order valence-electron chi connectivity index (χ1n) is 4.46. The van der Waals surface area contributed by atoms with Crippen molar-refractivity contribution in [3.8, 4) is 0 Å². The summed E-state index contributed by atoms with van der Waals surface area (Å²) in [5.41, 5.74) is -0.399. The highest BCUT2D eigenvalue weighted by Gasteiger charge is 2.22. The Morgan fingerprint density at radius 3 is 2.42 bits per heavy atom. The summed E-state index contributed by atoms with van der Waals surface area (Å²) in [5.74, 6) is 0. The van der Waals surface area contributed by atoms with Gasteiger partial charge in [-0.3, -0.25) is 0 Å². The van der Waals surface area contributed by atoms with Crippen molar-refractivity contribution in [3.63, 3.8) is 0 Å². The van der Waals surface area contributed by atoms with Crippen LogP contribution in [0.2, 0.25) is 0 Å². The second-order valence-corrected chi connectivity index (χ2v) is 3.72. The van der Waals surface area contributed by atoms with Gasteiger partial charge in [0.25, 0.3) is 0 Å². The molecule has 0 aromatic carbocycles. The second kappa shape index (κ2) is 5.51. The average molecular weight is 176 g/mol. The summed E-state index contributed by atoms with van der Waals surface area (Å²) in [5, 5.41) is 9.11. The van der Waals surface area contributed by atoms with Crippen molar-refractivity contribution in [1.29, 1.82) is 0 Å². The Labute approximate surface area is 74.6 Å².